The fraction of sp³-hybridized carbons (Fsp3) is 0.300. The van der Waals surface area contributed by atoms with Gasteiger partial charge in [0.15, 0.2) is 17.6 Å². The van der Waals surface area contributed by atoms with Gasteiger partial charge in [0.25, 0.3) is 5.91 Å². The number of esters is 1. The summed E-state index contributed by atoms with van der Waals surface area (Å²) >= 11 is 0. The predicted molar refractivity (Wildman–Crippen MR) is 101 cm³/mol. The maximum absolute atomic E-state index is 12.3. The Bertz CT molecular complexity index is 805. The van der Waals surface area contributed by atoms with E-state index in [0.717, 1.165) is 0 Å². The Morgan fingerprint density at radius 1 is 1.04 bits per heavy atom. The molecule has 0 radical (unpaired) electrons. The van der Waals surface area contributed by atoms with Crippen LogP contribution in [0.3, 0.4) is 0 Å². The largest absolute Gasteiger partial charge is 0.497 e. The van der Waals surface area contributed by atoms with Crippen molar-refractivity contribution in [1.29, 1.82) is 0 Å². The van der Waals surface area contributed by atoms with Gasteiger partial charge in [-0.25, -0.2) is 4.79 Å². The van der Waals surface area contributed by atoms with E-state index in [1.165, 1.54) is 27.2 Å². The first-order valence-electron chi connectivity index (χ1n) is 8.45. The van der Waals surface area contributed by atoms with Gasteiger partial charge in [-0.15, -0.1) is 0 Å². The highest BCUT2D eigenvalue weighted by Crippen LogP contribution is 2.28. The number of hydrogen-bond acceptors (Lipinski definition) is 6. The number of amides is 1. The third-order valence-electron chi connectivity index (χ3n) is 3.69. The van der Waals surface area contributed by atoms with Gasteiger partial charge in [-0.2, -0.15) is 0 Å². The van der Waals surface area contributed by atoms with E-state index in [0.29, 0.717) is 29.5 Å². The van der Waals surface area contributed by atoms with Gasteiger partial charge in [-0.3, -0.25) is 4.79 Å². The highest BCUT2D eigenvalue weighted by atomic mass is 16.5. The van der Waals surface area contributed by atoms with Crippen LogP contribution < -0.4 is 19.5 Å². The minimum atomic E-state index is -0.985. The van der Waals surface area contributed by atoms with Gasteiger partial charge in [0.05, 0.1) is 26.4 Å². The lowest BCUT2D eigenvalue weighted by molar-refractivity contribution is -0.123. The second-order valence-electron chi connectivity index (χ2n) is 5.57. The molecule has 144 valence electrons. The lowest BCUT2D eigenvalue weighted by Crippen LogP contribution is -2.30. The zero-order chi connectivity index (χ0) is 19.8. The third-order valence-corrected chi connectivity index (χ3v) is 3.69. The van der Waals surface area contributed by atoms with Crippen LogP contribution in [0.25, 0.3) is 0 Å². The van der Waals surface area contributed by atoms with Crippen molar-refractivity contribution in [3.63, 3.8) is 0 Å². The Balaban J connectivity index is 2.02. The molecule has 0 unspecified atom stereocenters. The lowest BCUT2D eigenvalue weighted by atomic mass is 10.2. The zero-order valence-corrected chi connectivity index (χ0v) is 15.8. The van der Waals surface area contributed by atoms with Crippen LogP contribution in [-0.2, 0) is 9.53 Å². The summed E-state index contributed by atoms with van der Waals surface area (Å²) in [6.45, 7) is 3.82. The van der Waals surface area contributed by atoms with Gasteiger partial charge in [0, 0.05) is 11.8 Å². The molecule has 7 nitrogen and oxygen atoms in total. The summed E-state index contributed by atoms with van der Waals surface area (Å²) < 4.78 is 21.0. The van der Waals surface area contributed by atoms with Crippen LogP contribution in [-0.4, -0.2) is 38.8 Å². The quantitative estimate of drug-likeness (QED) is 0.715. The number of hydrogen-bond donors (Lipinski definition) is 1. The van der Waals surface area contributed by atoms with Gasteiger partial charge in [0.1, 0.15) is 5.75 Å². The van der Waals surface area contributed by atoms with Crippen LogP contribution in [0, 0.1) is 0 Å². The van der Waals surface area contributed by atoms with Crippen molar-refractivity contribution >= 4 is 17.6 Å². The molecule has 0 heterocycles. The van der Waals surface area contributed by atoms with Gasteiger partial charge < -0.3 is 24.3 Å². The predicted octanol–water partition coefficient (Wildman–Crippen LogP) is 3.29. The van der Waals surface area contributed by atoms with Crippen LogP contribution in [0.2, 0.25) is 0 Å². The van der Waals surface area contributed by atoms with Crippen molar-refractivity contribution in [2.75, 3.05) is 26.1 Å². The topological polar surface area (TPSA) is 83.1 Å². The van der Waals surface area contributed by atoms with Crippen LogP contribution in [0.15, 0.2) is 42.5 Å². The maximum Gasteiger partial charge on any atom is 0.339 e. The van der Waals surface area contributed by atoms with E-state index in [9.17, 15) is 9.59 Å². The molecule has 2 aromatic carbocycles. The molecule has 1 N–H and O–H groups in total. The number of ether oxygens (including phenoxy) is 4. The van der Waals surface area contributed by atoms with E-state index in [2.05, 4.69) is 5.32 Å². The molecular formula is C20H23NO6. The average Bonchev–Trinajstić information content (AvgIpc) is 2.68. The number of benzene rings is 2. The molecule has 27 heavy (non-hydrogen) atoms. The fourth-order valence-corrected chi connectivity index (χ4v) is 2.30. The molecule has 0 saturated heterocycles. The number of anilines is 1. The van der Waals surface area contributed by atoms with Crippen LogP contribution in [0.5, 0.6) is 17.2 Å². The van der Waals surface area contributed by atoms with Crippen molar-refractivity contribution in [2.24, 2.45) is 0 Å². The summed E-state index contributed by atoms with van der Waals surface area (Å²) in [6, 6.07) is 11.6. The minimum Gasteiger partial charge on any atom is -0.497 e. The van der Waals surface area contributed by atoms with Gasteiger partial charge >= 0.3 is 5.97 Å². The smallest absolute Gasteiger partial charge is 0.339 e. The van der Waals surface area contributed by atoms with E-state index in [1.807, 2.05) is 6.92 Å². The molecule has 7 heteroatoms. The second-order valence-corrected chi connectivity index (χ2v) is 5.57. The first-order valence-corrected chi connectivity index (χ1v) is 8.45. The summed E-state index contributed by atoms with van der Waals surface area (Å²) in [6.07, 6.45) is -0.985. The molecule has 2 aromatic rings. The Kier molecular flexibility index (Phi) is 7.05. The normalized spacial score (nSPS) is 11.3. The molecule has 1 atom stereocenters. The van der Waals surface area contributed by atoms with Crippen molar-refractivity contribution in [3.05, 3.63) is 48.0 Å². The summed E-state index contributed by atoms with van der Waals surface area (Å²) in [7, 11) is 3.02. The SMILES string of the molecule is CCOc1ccc(C(=O)O[C@H](C)C(=O)Nc2cccc(OC)c2)cc1OC. The zero-order valence-electron chi connectivity index (χ0n) is 15.8. The minimum absolute atomic E-state index is 0.260. The molecule has 0 aliphatic heterocycles. The number of carbonyl (C=O) groups excluding carboxylic acids is 2. The Morgan fingerprint density at radius 2 is 1.81 bits per heavy atom. The van der Waals surface area contributed by atoms with Gasteiger partial charge in [-0.1, -0.05) is 6.07 Å². The number of nitrogens with one attached hydrogen (secondary N) is 1. The van der Waals surface area contributed by atoms with E-state index in [-0.39, 0.29) is 5.56 Å². The molecule has 0 aliphatic carbocycles. The molecule has 0 bridgehead atoms. The van der Waals surface area contributed by atoms with Crippen molar-refractivity contribution in [3.8, 4) is 17.2 Å². The molecule has 0 aromatic heterocycles. The Labute approximate surface area is 158 Å². The molecule has 0 aliphatic rings. The van der Waals surface area contributed by atoms with Gasteiger partial charge in [0.2, 0.25) is 0 Å². The summed E-state index contributed by atoms with van der Waals surface area (Å²) in [5, 5.41) is 2.68. The third kappa shape index (κ3) is 5.37. The maximum atomic E-state index is 12.3. The number of carbonyl (C=O) groups is 2. The summed E-state index contributed by atoms with van der Waals surface area (Å²) in [4.78, 5) is 24.6. The average molecular weight is 373 g/mol. The van der Waals surface area contributed by atoms with E-state index in [1.54, 1.807) is 36.4 Å². The van der Waals surface area contributed by atoms with Crippen LogP contribution >= 0.6 is 0 Å². The molecular weight excluding hydrogens is 350 g/mol. The molecule has 0 saturated carbocycles. The monoisotopic (exact) mass is 373 g/mol. The van der Waals surface area contributed by atoms with Crippen molar-refractivity contribution < 1.29 is 28.5 Å². The molecule has 0 fully saturated rings. The van der Waals surface area contributed by atoms with E-state index in [4.69, 9.17) is 18.9 Å². The Morgan fingerprint density at radius 3 is 2.48 bits per heavy atom. The summed E-state index contributed by atoms with van der Waals surface area (Å²) in [5.74, 6) is 0.471. The molecule has 1 amide bonds. The van der Waals surface area contributed by atoms with Crippen LogP contribution in [0.1, 0.15) is 24.2 Å². The first-order chi connectivity index (χ1) is 13.0. The van der Waals surface area contributed by atoms with Gasteiger partial charge in [-0.05, 0) is 44.2 Å². The number of rotatable bonds is 8. The Hall–Kier alpha value is -3.22. The number of methoxy groups -OCH3 is 2. The van der Waals surface area contributed by atoms with E-state index < -0.39 is 18.0 Å². The molecule has 0 spiro atoms. The summed E-state index contributed by atoms with van der Waals surface area (Å²) in [5.41, 5.74) is 0.807. The lowest BCUT2D eigenvalue weighted by Gasteiger charge is -2.15. The molecule has 2 rings (SSSR count). The highest BCUT2D eigenvalue weighted by Gasteiger charge is 2.20. The van der Waals surface area contributed by atoms with Crippen molar-refractivity contribution in [1.82, 2.24) is 0 Å². The van der Waals surface area contributed by atoms with E-state index >= 15 is 0 Å². The van der Waals surface area contributed by atoms with Crippen LogP contribution in [0.4, 0.5) is 5.69 Å². The highest BCUT2D eigenvalue weighted by molar-refractivity contribution is 5.97. The first kappa shape index (κ1) is 20.1. The van der Waals surface area contributed by atoms with Crippen molar-refractivity contribution in [2.45, 2.75) is 20.0 Å². The second kappa shape index (κ2) is 9.47. The standard InChI is InChI=1S/C20H23NO6/c1-5-26-17-10-9-14(11-18(17)25-4)20(23)27-13(2)19(22)21-15-7-6-8-16(12-15)24-3/h6-13H,5H2,1-4H3,(H,21,22)/t13-/m1/s1. The fourth-order valence-electron chi connectivity index (χ4n) is 2.30.